The van der Waals surface area contributed by atoms with Gasteiger partial charge in [0.2, 0.25) is 0 Å². The number of anilines is 1. The van der Waals surface area contributed by atoms with Gasteiger partial charge in [-0.15, -0.1) is 0 Å². The van der Waals surface area contributed by atoms with Gasteiger partial charge in [-0.25, -0.2) is 8.42 Å². The van der Waals surface area contributed by atoms with E-state index >= 15 is 0 Å². The Bertz CT molecular complexity index is 760. The zero-order valence-corrected chi connectivity index (χ0v) is 14.3. The standard InChI is InChI=1S/C16H18ClNO3S/c1-4-18(13-8-6-5-7-9-13)22(19,20)16-11-14(17)12(2)10-15(16)21-3/h5-11H,4H2,1-3H3. The van der Waals surface area contributed by atoms with Gasteiger partial charge < -0.3 is 4.74 Å². The molecule has 0 aromatic heterocycles. The Labute approximate surface area is 136 Å². The van der Waals surface area contributed by atoms with Crippen molar-refractivity contribution in [2.45, 2.75) is 18.7 Å². The largest absolute Gasteiger partial charge is 0.495 e. The first-order valence-corrected chi connectivity index (χ1v) is 8.65. The van der Waals surface area contributed by atoms with Crippen LogP contribution in [0.5, 0.6) is 5.75 Å². The zero-order valence-electron chi connectivity index (χ0n) is 12.7. The molecule has 2 aromatic carbocycles. The Morgan fingerprint density at radius 3 is 2.36 bits per heavy atom. The van der Waals surface area contributed by atoms with Crippen LogP contribution >= 0.6 is 11.6 Å². The highest BCUT2D eigenvalue weighted by Crippen LogP contribution is 2.33. The van der Waals surface area contributed by atoms with E-state index in [1.165, 1.54) is 17.5 Å². The highest BCUT2D eigenvalue weighted by atomic mass is 35.5. The molecule has 0 unspecified atom stereocenters. The van der Waals surface area contributed by atoms with E-state index in [2.05, 4.69) is 0 Å². The number of halogens is 1. The lowest BCUT2D eigenvalue weighted by Crippen LogP contribution is -2.31. The molecule has 0 heterocycles. The number of sulfonamides is 1. The monoisotopic (exact) mass is 339 g/mol. The molecule has 0 saturated heterocycles. The predicted molar refractivity (Wildman–Crippen MR) is 89.4 cm³/mol. The SMILES string of the molecule is CCN(c1ccccc1)S(=O)(=O)c1cc(Cl)c(C)cc1OC. The van der Waals surface area contributed by atoms with Crippen LogP contribution in [0.3, 0.4) is 0 Å². The maximum atomic E-state index is 13.0. The number of rotatable bonds is 5. The molecule has 0 amide bonds. The van der Waals surface area contributed by atoms with Crippen LogP contribution in [0.2, 0.25) is 5.02 Å². The molecule has 0 radical (unpaired) electrons. The number of para-hydroxylation sites is 1. The summed E-state index contributed by atoms with van der Waals surface area (Å²) in [5.41, 5.74) is 1.36. The molecule has 0 aliphatic heterocycles. The second-order valence-electron chi connectivity index (χ2n) is 4.76. The smallest absolute Gasteiger partial charge is 0.268 e. The third-order valence-corrected chi connectivity index (χ3v) is 5.68. The molecular formula is C16H18ClNO3S. The summed E-state index contributed by atoms with van der Waals surface area (Å²) in [5.74, 6) is 0.288. The molecule has 4 nitrogen and oxygen atoms in total. The molecule has 0 bridgehead atoms. The number of aryl methyl sites for hydroxylation is 1. The number of ether oxygens (including phenoxy) is 1. The average molecular weight is 340 g/mol. The molecule has 2 rings (SSSR count). The van der Waals surface area contributed by atoms with Gasteiger partial charge in [-0.3, -0.25) is 4.31 Å². The maximum Gasteiger partial charge on any atom is 0.268 e. The molecule has 22 heavy (non-hydrogen) atoms. The number of nitrogens with zero attached hydrogens (tertiary/aromatic N) is 1. The second kappa shape index (κ2) is 6.58. The van der Waals surface area contributed by atoms with Crippen LogP contribution in [0.1, 0.15) is 12.5 Å². The van der Waals surface area contributed by atoms with Gasteiger partial charge in [0.15, 0.2) is 0 Å². The molecule has 2 aromatic rings. The van der Waals surface area contributed by atoms with Crippen LogP contribution in [0.15, 0.2) is 47.4 Å². The van der Waals surface area contributed by atoms with Crippen molar-refractivity contribution in [1.29, 1.82) is 0 Å². The summed E-state index contributed by atoms with van der Waals surface area (Å²) in [7, 11) is -2.32. The van der Waals surface area contributed by atoms with E-state index in [0.29, 0.717) is 17.3 Å². The van der Waals surface area contributed by atoms with Gasteiger partial charge in [-0.1, -0.05) is 29.8 Å². The molecule has 0 saturated carbocycles. The normalized spacial score (nSPS) is 11.3. The molecular weight excluding hydrogens is 322 g/mol. The molecule has 0 N–H and O–H groups in total. The molecule has 6 heteroatoms. The Balaban J connectivity index is 2.61. The van der Waals surface area contributed by atoms with E-state index in [0.717, 1.165) is 5.56 Å². The zero-order chi connectivity index (χ0) is 16.3. The maximum absolute atomic E-state index is 13.0. The predicted octanol–water partition coefficient (Wildman–Crippen LogP) is 3.87. The molecule has 0 aliphatic carbocycles. The van der Waals surface area contributed by atoms with Crippen molar-refractivity contribution in [2.75, 3.05) is 18.0 Å². The number of hydrogen-bond acceptors (Lipinski definition) is 3. The fraction of sp³-hybridized carbons (Fsp3) is 0.250. The van der Waals surface area contributed by atoms with E-state index in [4.69, 9.17) is 16.3 Å². The summed E-state index contributed by atoms with van der Waals surface area (Å²) >= 11 is 6.10. The van der Waals surface area contributed by atoms with Gasteiger partial charge in [-0.2, -0.15) is 0 Å². The second-order valence-corrected chi connectivity index (χ2v) is 7.00. The van der Waals surface area contributed by atoms with Crippen molar-refractivity contribution >= 4 is 27.3 Å². The topological polar surface area (TPSA) is 46.6 Å². The van der Waals surface area contributed by atoms with Crippen LogP contribution in [0.4, 0.5) is 5.69 Å². The lowest BCUT2D eigenvalue weighted by molar-refractivity contribution is 0.402. The lowest BCUT2D eigenvalue weighted by Gasteiger charge is -2.24. The molecule has 0 atom stereocenters. The van der Waals surface area contributed by atoms with Gasteiger partial charge in [0.25, 0.3) is 10.0 Å². The molecule has 118 valence electrons. The van der Waals surface area contributed by atoms with Crippen LogP contribution in [-0.4, -0.2) is 22.1 Å². The quantitative estimate of drug-likeness (QED) is 0.830. The van der Waals surface area contributed by atoms with E-state index in [1.807, 2.05) is 6.07 Å². The first kappa shape index (κ1) is 16.6. The van der Waals surface area contributed by atoms with E-state index in [-0.39, 0.29) is 10.6 Å². The van der Waals surface area contributed by atoms with Crippen LogP contribution in [-0.2, 0) is 10.0 Å². The van der Waals surface area contributed by atoms with Gasteiger partial charge in [0, 0.05) is 11.6 Å². The minimum Gasteiger partial charge on any atom is -0.495 e. The van der Waals surface area contributed by atoms with Gasteiger partial charge in [0.05, 0.1) is 12.8 Å². The van der Waals surface area contributed by atoms with Crippen LogP contribution in [0.25, 0.3) is 0 Å². The third-order valence-electron chi connectivity index (χ3n) is 3.34. The average Bonchev–Trinajstić information content (AvgIpc) is 2.51. The highest BCUT2D eigenvalue weighted by molar-refractivity contribution is 7.93. The van der Waals surface area contributed by atoms with Gasteiger partial charge in [0.1, 0.15) is 10.6 Å². The number of benzene rings is 2. The van der Waals surface area contributed by atoms with Crippen LogP contribution < -0.4 is 9.04 Å². The summed E-state index contributed by atoms with van der Waals surface area (Å²) < 4.78 is 32.6. The minimum absolute atomic E-state index is 0.0660. The van der Waals surface area contributed by atoms with E-state index in [1.54, 1.807) is 44.2 Å². The Morgan fingerprint density at radius 2 is 1.82 bits per heavy atom. The fourth-order valence-electron chi connectivity index (χ4n) is 2.20. The lowest BCUT2D eigenvalue weighted by atomic mass is 10.2. The third kappa shape index (κ3) is 3.05. The first-order valence-electron chi connectivity index (χ1n) is 6.83. The minimum atomic E-state index is -3.76. The summed E-state index contributed by atoms with van der Waals surface area (Å²) in [6.45, 7) is 3.89. The van der Waals surface area contributed by atoms with Crippen molar-refractivity contribution < 1.29 is 13.2 Å². The van der Waals surface area contributed by atoms with Crippen molar-refractivity contribution in [3.05, 3.63) is 53.1 Å². The summed E-state index contributed by atoms with van der Waals surface area (Å²) in [6, 6.07) is 12.0. The number of hydrogen-bond donors (Lipinski definition) is 0. The number of methoxy groups -OCH3 is 1. The van der Waals surface area contributed by atoms with Crippen molar-refractivity contribution in [2.24, 2.45) is 0 Å². The van der Waals surface area contributed by atoms with Gasteiger partial charge >= 0.3 is 0 Å². The van der Waals surface area contributed by atoms with Gasteiger partial charge in [-0.05, 0) is 43.7 Å². The Kier molecular flexibility index (Phi) is 4.98. The summed E-state index contributed by atoms with van der Waals surface area (Å²) in [6.07, 6.45) is 0. The van der Waals surface area contributed by atoms with Crippen molar-refractivity contribution in [3.63, 3.8) is 0 Å². The van der Waals surface area contributed by atoms with Crippen molar-refractivity contribution in [1.82, 2.24) is 0 Å². The highest BCUT2D eigenvalue weighted by Gasteiger charge is 2.27. The summed E-state index contributed by atoms with van der Waals surface area (Å²) in [4.78, 5) is 0.0660. The van der Waals surface area contributed by atoms with E-state index in [9.17, 15) is 8.42 Å². The molecule has 0 spiro atoms. The Hall–Kier alpha value is -1.72. The fourth-order valence-corrected chi connectivity index (χ4v) is 4.07. The van der Waals surface area contributed by atoms with Crippen LogP contribution in [0, 0.1) is 6.92 Å². The molecule has 0 fully saturated rings. The summed E-state index contributed by atoms with van der Waals surface area (Å²) in [5, 5.41) is 0.392. The molecule has 0 aliphatic rings. The Morgan fingerprint density at radius 1 is 1.18 bits per heavy atom. The first-order chi connectivity index (χ1) is 10.4. The van der Waals surface area contributed by atoms with Crippen molar-refractivity contribution in [3.8, 4) is 5.75 Å². The van der Waals surface area contributed by atoms with E-state index < -0.39 is 10.0 Å².